The van der Waals surface area contributed by atoms with Crippen LogP contribution in [0.25, 0.3) is 0 Å². The summed E-state index contributed by atoms with van der Waals surface area (Å²) in [6.45, 7) is 5.47. The minimum absolute atomic E-state index is 0.121. The van der Waals surface area contributed by atoms with Crippen LogP contribution in [-0.2, 0) is 11.3 Å². The van der Waals surface area contributed by atoms with Crippen LogP contribution in [-0.4, -0.2) is 70.6 Å². The van der Waals surface area contributed by atoms with Crippen molar-refractivity contribution < 1.29 is 18.3 Å². The van der Waals surface area contributed by atoms with E-state index in [1.54, 1.807) is 6.20 Å². The van der Waals surface area contributed by atoms with E-state index in [0.29, 0.717) is 5.92 Å². The summed E-state index contributed by atoms with van der Waals surface area (Å²) in [5.74, 6) is -1.64. The maximum absolute atomic E-state index is 13.0. The number of imidazole rings is 1. The Kier molecular flexibility index (Phi) is 4.27. The smallest absolute Gasteiger partial charge is 0.282 e. The summed E-state index contributed by atoms with van der Waals surface area (Å²) in [6, 6.07) is 0.121. The highest BCUT2D eigenvalue weighted by Crippen LogP contribution is 2.30. The molecule has 0 aliphatic carbocycles. The number of amides is 1. The first kappa shape index (κ1) is 16.9. The van der Waals surface area contributed by atoms with Gasteiger partial charge in [-0.2, -0.15) is 0 Å². The minimum atomic E-state index is -2.75. The van der Waals surface area contributed by atoms with Crippen LogP contribution >= 0.6 is 0 Å². The summed E-state index contributed by atoms with van der Waals surface area (Å²) in [6.07, 6.45) is 3.89. The first-order valence-corrected chi connectivity index (χ1v) is 8.99. The van der Waals surface area contributed by atoms with Gasteiger partial charge in [0.1, 0.15) is 11.5 Å². The summed E-state index contributed by atoms with van der Waals surface area (Å²) in [7, 11) is 0. The summed E-state index contributed by atoms with van der Waals surface area (Å²) >= 11 is 0. The van der Waals surface area contributed by atoms with Gasteiger partial charge in [0.2, 0.25) is 0 Å². The van der Waals surface area contributed by atoms with Crippen LogP contribution < -0.4 is 0 Å². The number of ether oxygens (including phenoxy) is 1. The van der Waals surface area contributed by atoms with E-state index >= 15 is 0 Å². The molecule has 2 saturated heterocycles. The van der Waals surface area contributed by atoms with E-state index in [4.69, 9.17) is 4.74 Å². The predicted molar refractivity (Wildman–Crippen MR) is 86.6 cm³/mol. The molecule has 0 aromatic carbocycles. The van der Waals surface area contributed by atoms with Gasteiger partial charge < -0.3 is 14.2 Å². The zero-order chi connectivity index (χ0) is 17.6. The highest BCUT2D eigenvalue weighted by atomic mass is 19.3. The lowest BCUT2D eigenvalue weighted by Gasteiger charge is -2.38. The fraction of sp³-hybridized carbons (Fsp3) is 0.765. The second-order valence-electron chi connectivity index (χ2n) is 7.42. The standard InChI is InChI=1S/C17H24F2N4O2/c1-12-15-20-14(16(24)23-10-17(18,19)11-23)9-22(15)5-4-21(12)8-13-2-6-25-7-3-13/h9,12-13H,2-8,10-11H2,1H3/t12-/m0/s1. The SMILES string of the molecule is C[C@H]1c2nc(C(=O)N3CC(F)(F)C3)cn2CCN1CC1CCOCC1. The lowest BCUT2D eigenvalue weighted by Crippen LogP contribution is -2.58. The largest absolute Gasteiger partial charge is 0.381 e. The summed E-state index contributed by atoms with van der Waals surface area (Å²) < 4.78 is 33.4. The topological polar surface area (TPSA) is 50.6 Å². The van der Waals surface area contributed by atoms with Crippen molar-refractivity contribution >= 4 is 5.91 Å². The zero-order valence-corrected chi connectivity index (χ0v) is 14.5. The van der Waals surface area contributed by atoms with Gasteiger partial charge in [-0.3, -0.25) is 9.69 Å². The molecule has 1 aromatic rings. The second kappa shape index (κ2) is 6.32. The molecular formula is C17H24F2N4O2. The Labute approximate surface area is 145 Å². The molecule has 0 N–H and O–H groups in total. The molecule has 1 aromatic heterocycles. The molecule has 0 bridgehead atoms. The van der Waals surface area contributed by atoms with Crippen molar-refractivity contribution in [2.45, 2.75) is 38.3 Å². The van der Waals surface area contributed by atoms with E-state index in [1.165, 1.54) is 4.90 Å². The zero-order valence-electron chi connectivity index (χ0n) is 14.5. The van der Waals surface area contributed by atoms with Gasteiger partial charge in [-0.15, -0.1) is 0 Å². The Balaban J connectivity index is 1.43. The number of carbonyl (C=O) groups is 1. The molecule has 138 valence electrons. The van der Waals surface area contributed by atoms with Crippen molar-refractivity contribution in [2.75, 3.05) is 39.4 Å². The van der Waals surface area contributed by atoms with Gasteiger partial charge in [0.05, 0.1) is 19.1 Å². The molecule has 1 amide bonds. The molecule has 6 nitrogen and oxygen atoms in total. The maximum atomic E-state index is 13.0. The van der Waals surface area contributed by atoms with Crippen molar-refractivity contribution in [1.29, 1.82) is 0 Å². The molecular weight excluding hydrogens is 330 g/mol. The number of halogens is 2. The maximum Gasteiger partial charge on any atom is 0.282 e. The predicted octanol–water partition coefficient (Wildman–Crippen LogP) is 1.78. The summed E-state index contributed by atoms with van der Waals surface area (Å²) in [4.78, 5) is 20.4. The minimum Gasteiger partial charge on any atom is -0.381 e. The Morgan fingerprint density at radius 3 is 2.72 bits per heavy atom. The van der Waals surface area contributed by atoms with Gasteiger partial charge >= 0.3 is 0 Å². The average Bonchev–Trinajstić information content (AvgIpc) is 3.00. The van der Waals surface area contributed by atoms with Gasteiger partial charge in [0.25, 0.3) is 11.8 Å². The normalized spacial score (nSPS) is 27.0. The van der Waals surface area contributed by atoms with Crippen molar-refractivity contribution in [2.24, 2.45) is 5.92 Å². The number of hydrogen-bond acceptors (Lipinski definition) is 4. The Morgan fingerprint density at radius 2 is 2.04 bits per heavy atom. The van der Waals surface area contributed by atoms with Crippen LogP contribution in [0.4, 0.5) is 8.78 Å². The van der Waals surface area contributed by atoms with E-state index in [1.807, 2.05) is 4.57 Å². The third-order valence-electron chi connectivity index (χ3n) is 5.54. The quantitative estimate of drug-likeness (QED) is 0.830. The Hall–Kier alpha value is -1.54. The van der Waals surface area contributed by atoms with E-state index < -0.39 is 24.9 Å². The number of carbonyl (C=O) groups excluding carboxylic acids is 1. The molecule has 25 heavy (non-hydrogen) atoms. The highest BCUT2D eigenvalue weighted by molar-refractivity contribution is 5.93. The van der Waals surface area contributed by atoms with Gasteiger partial charge in [-0.1, -0.05) is 0 Å². The van der Waals surface area contributed by atoms with Crippen LogP contribution in [0.15, 0.2) is 6.20 Å². The molecule has 3 aliphatic heterocycles. The van der Waals surface area contributed by atoms with E-state index in [2.05, 4.69) is 16.8 Å². The molecule has 1 atom stereocenters. The van der Waals surface area contributed by atoms with Gasteiger partial charge in [-0.25, -0.2) is 13.8 Å². The molecule has 0 spiro atoms. The van der Waals surface area contributed by atoms with Crippen molar-refractivity contribution in [3.63, 3.8) is 0 Å². The second-order valence-corrected chi connectivity index (χ2v) is 7.42. The number of alkyl halides is 2. The monoisotopic (exact) mass is 354 g/mol. The van der Waals surface area contributed by atoms with E-state index in [0.717, 1.165) is 51.5 Å². The molecule has 0 radical (unpaired) electrons. The molecule has 4 heterocycles. The van der Waals surface area contributed by atoms with Crippen molar-refractivity contribution in [3.8, 4) is 0 Å². The number of fused-ring (bicyclic) bond motifs is 1. The van der Waals surface area contributed by atoms with Crippen molar-refractivity contribution in [1.82, 2.24) is 19.4 Å². The van der Waals surface area contributed by atoms with Gasteiger partial charge in [0.15, 0.2) is 0 Å². The van der Waals surface area contributed by atoms with Crippen LogP contribution in [0.2, 0.25) is 0 Å². The lowest BCUT2D eigenvalue weighted by atomic mass is 9.98. The third-order valence-corrected chi connectivity index (χ3v) is 5.54. The lowest BCUT2D eigenvalue weighted by molar-refractivity contribution is -0.113. The first-order chi connectivity index (χ1) is 11.9. The fourth-order valence-corrected chi connectivity index (χ4v) is 3.97. The first-order valence-electron chi connectivity index (χ1n) is 8.99. The van der Waals surface area contributed by atoms with Crippen LogP contribution in [0.5, 0.6) is 0 Å². The van der Waals surface area contributed by atoms with E-state index in [9.17, 15) is 13.6 Å². The van der Waals surface area contributed by atoms with Crippen LogP contribution in [0, 0.1) is 5.92 Å². The van der Waals surface area contributed by atoms with Gasteiger partial charge in [-0.05, 0) is 25.7 Å². The summed E-state index contributed by atoms with van der Waals surface area (Å²) in [5.41, 5.74) is 0.283. The highest BCUT2D eigenvalue weighted by Gasteiger charge is 2.47. The molecule has 2 fully saturated rings. The molecule has 0 saturated carbocycles. The number of rotatable bonds is 3. The molecule has 4 rings (SSSR count). The number of hydrogen-bond donors (Lipinski definition) is 0. The molecule has 3 aliphatic rings. The van der Waals surface area contributed by atoms with Gasteiger partial charge in [0, 0.05) is 39.0 Å². The summed E-state index contributed by atoms with van der Waals surface area (Å²) in [5, 5.41) is 0. The number of likely N-dealkylation sites (tertiary alicyclic amines) is 1. The van der Waals surface area contributed by atoms with Crippen LogP contribution in [0.1, 0.15) is 42.1 Å². The van der Waals surface area contributed by atoms with Crippen molar-refractivity contribution in [3.05, 3.63) is 17.7 Å². The Bertz CT molecular complexity index is 649. The number of nitrogens with zero attached hydrogens (tertiary/aromatic N) is 4. The third kappa shape index (κ3) is 3.29. The van der Waals surface area contributed by atoms with E-state index in [-0.39, 0.29) is 11.7 Å². The average molecular weight is 354 g/mol. The van der Waals surface area contributed by atoms with Crippen LogP contribution in [0.3, 0.4) is 0 Å². The number of aromatic nitrogens is 2. The molecule has 0 unspecified atom stereocenters. The Morgan fingerprint density at radius 1 is 1.32 bits per heavy atom. The molecule has 8 heteroatoms. The fourth-order valence-electron chi connectivity index (χ4n) is 3.97.